The Morgan fingerprint density at radius 3 is 2.57 bits per heavy atom. The molecular weight excluding hydrogens is 352 g/mol. The van der Waals surface area contributed by atoms with Crippen molar-refractivity contribution in [3.05, 3.63) is 34.3 Å². The van der Waals surface area contributed by atoms with Crippen LogP contribution in [-0.2, 0) is 11.2 Å². The maximum atomic E-state index is 12.6. The van der Waals surface area contributed by atoms with Crippen molar-refractivity contribution in [2.45, 2.75) is 38.6 Å². The lowest BCUT2D eigenvalue weighted by Crippen LogP contribution is -2.45. The van der Waals surface area contributed by atoms with Crippen molar-refractivity contribution in [3.8, 4) is 0 Å². The zero-order valence-electron chi connectivity index (χ0n) is 12.4. The van der Waals surface area contributed by atoms with Crippen molar-refractivity contribution in [1.82, 2.24) is 4.90 Å². The van der Waals surface area contributed by atoms with Crippen LogP contribution >= 0.6 is 28.3 Å². The van der Waals surface area contributed by atoms with Gasteiger partial charge in [0, 0.05) is 29.5 Å². The van der Waals surface area contributed by atoms with Gasteiger partial charge in [0.1, 0.15) is 0 Å². The van der Waals surface area contributed by atoms with E-state index >= 15 is 0 Å². The third-order valence-corrected chi connectivity index (χ3v) is 4.89. The molecule has 1 atom stereocenters. The predicted molar refractivity (Wildman–Crippen MR) is 92.7 cm³/mol. The van der Waals surface area contributed by atoms with Crippen LogP contribution in [0.25, 0.3) is 0 Å². The molecule has 1 heterocycles. The number of amides is 1. The van der Waals surface area contributed by atoms with E-state index in [1.54, 1.807) is 0 Å². The molecule has 2 rings (SSSR count). The van der Waals surface area contributed by atoms with Gasteiger partial charge in [0.2, 0.25) is 5.91 Å². The third kappa shape index (κ3) is 4.97. The van der Waals surface area contributed by atoms with Gasteiger partial charge in [0.15, 0.2) is 0 Å². The molecule has 3 nitrogen and oxygen atoms in total. The van der Waals surface area contributed by atoms with E-state index < -0.39 is 0 Å². The lowest BCUT2D eigenvalue weighted by atomic mass is 9.94. The van der Waals surface area contributed by atoms with Gasteiger partial charge in [0.05, 0.1) is 0 Å². The maximum absolute atomic E-state index is 12.6. The fraction of sp³-hybridized carbons (Fsp3) is 0.562. The van der Waals surface area contributed by atoms with Gasteiger partial charge in [-0.05, 0) is 37.3 Å². The summed E-state index contributed by atoms with van der Waals surface area (Å²) in [4.78, 5) is 14.6. The van der Waals surface area contributed by atoms with E-state index in [0.29, 0.717) is 0 Å². The van der Waals surface area contributed by atoms with Gasteiger partial charge in [-0.15, -0.1) is 12.4 Å². The summed E-state index contributed by atoms with van der Waals surface area (Å²) >= 11 is 3.57. The SMILES string of the molecule is CCC(Cc1ccccc1Br)C(=O)N1CCC(N)CC1.Cl. The molecule has 0 radical (unpaired) electrons. The summed E-state index contributed by atoms with van der Waals surface area (Å²) in [6.45, 7) is 3.72. The number of halogens is 2. The van der Waals surface area contributed by atoms with Gasteiger partial charge >= 0.3 is 0 Å². The van der Waals surface area contributed by atoms with Crippen LogP contribution in [0.3, 0.4) is 0 Å². The molecule has 1 fully saturated rings. The molecular formula is C16H24BrClN2O. The molecule has 2 N–H and O–H groups in total. The smallest absolute Gasteiger partial charge is 0.226 e. The number of rotatable bonds is 4. The van der Waals surface area contributed by atoms with Crippen LogP contribution in [0.1, 0.15) is 31.7 Å². The topological polar surface area (TPSA) is 46.3 Å². The fourth-order valence-electron chi connectivity index (χ4n) is 2.71. The second kappa shape index (κ2) is 8.76. The first-order valence-corrected chi connectivity index (χ1v) is 8.19. The zero-order chi connectivity index (χ0) is 14.5. The fourth-order valence-corrected chi connectivity index (χ4v) is 3.16. The van der Waals surface area contributed by atoms with Crippen LogP contribution in [-0.4, -0.2) is 29.9 Å². The number of piperidine rings is 1. The van der Waals surface area contributed by atoms with Gasteiger partial charge < -0.3 is 10.6 Å². The number of likely N-dealkylation sites (tertiary alicyclic amines) is 1. The van der Waals surface area contributed by atoms with E-state index in [0.717, 1.165) is 43.2 Å². The first kappa shape index (κ1) is 18.5. The van der Waals surface area contributed by atoms with Crippen LogP contribution in [0.15, 0.2) is 28.7 Å². The van der Waals surface area contributed by atoms with Crippen LogP contribution in [0.5, 0.6) is 0 Å². The quantitative estimate of drug-likeness (QED) is 0.877. The number of nitrogens with zero attached hydrogens (tertiary/aromatic N) is 1. The van der Waals surface area contributed by atoms with Gasteiger partial charge in [-0.25, -0.2) is 0 Å². The molecule has 1 aliphatic heterocycles. The molecule has 21 heavy (non-hydrogen) atoms. The highest BCUT2D eigenvalue weighted by Crippen LogP contribution is 2.23. The monoisotopic (exact) mass is 374 g/mol. The van der Waals surface area contributed by atoms with Crippen molar-refractivity contribution in [3.63, 3.8) is 0 Å². The molecule has 118 valence electrons. The highest BCUT2D eigenvalue weighted by molar-refractivity contribution is 9.10. The molecule has 1 saturated heterocycles. The number of nitrogens with two attached hydrogens (primary N) is 1. The second-order valence-corrected chi connectivity index (χ2v) is 6.42. The van der Waals surface area contributed by atoms with Crippen LogP contribution in [0.2, 0.25) is 0 Å². The maximum Gasteiger partial charge on any atom is 0.226 e. The van der Waals surface area contributed by atoms with Crippen molar-refractivity contribution in [2.75, 3.05) is 13.1 Å². The molecule has 5 heteroatoms. The van der Waals surface area contributed by atoms with Gasteiger partial charge in [-0.3, -0.25) is 4.79 Å². The first-order chi connectivity index (χ1) is 9.61. The molecule has 1 aromatic carbocycles. The minimum absolute atomic E-state index is 0. The highest BCUT2D eigenvalue weighted by Gasteiger charge is 2.26. The molecule has 1 amide bonds. The van der Waals surface area contributed by atoms with Crippen molar-refractivity contribution in [2.24, 2.45) is 11.7 Å². The predicted octanol–water partition coefficient (Wildman–Crippen LogP) is 3.39. The van der Waals surface area contributed by atoms with Gasteiger partial charge in [-0.1, -0.05) is 41.1 Å². The standard InChI is InChI=1S/C16H23BrN2O.ClH/c1-2-12(11-13-5-3-4-6-15(13)17)16(20)19-9-7-14(18)8-10-19;/h3-6,12,14H,2,7-11,18H2,1H3;1H. The van der Waals surface area contributed by atoms with Crippen LogP contribution in [0, 0.1) is 5.92 Å². The summed E-state index contributed by atoms with van der Waals surface area (Å²) in [5, 5.41) is 0. The summed E-state index contributed by atoms with van der Waals surface area (Å²) in [7, 11) is 0. The number of carbonyl (C=O) groups is 1. The van der Waals surface area contributed by atoms with Crippen LogP contribution in [0.4, 0.5) is 0 Å². The molecule has 1 aliphatic rings. The Kier molecular flexibility index (Phi) is 7.71. The molecule has 0 spiro atoms. The lowest BCUT2D eigenvalue weighted by molar-refractivity contribution is -0.136. The Labute approximate surface area is 141 Å². The summed E-state index contributed by atoms with van der Waals surface area (Å²) in [6.07, 6.45) is 3.54. The largest absolute Gasteiger partial charge is 0.342 e. The first-order valence-electron chi connectivity index (χ1n) is 7.39. The van der Waals surface area contributed by atoms with Gasteiger partial charge in [0.25, 0.3) is 0 Å². The summed E-state index contributed by atoms with van der Waals surface area (Å²) in [6, 6.07) is 8.42. The van der Waals surface area contributed by atoms with E-state index in [4.69, 9.17) is 5.73 Å². The molecule has 1 unspecified atom stereocenters. The average molecular weight is 376 g/mol. The summed E-state index contributed by atoms with van der Waals surface area (Å²) in [5.74, 6) is 0.359. The molecule has 0 aliphatic carbocycles. The Morgan fingerprint density at radius 1 is 1.38 bits per heavy atom. The number of hydrogen-bond acceptors (Lipinski definition) is 2. The lowest BCUT2D eigenvalue weighted by Gasteiger charge is -2.33. The number of carbonyl (C=O) groups excluding carboxylic acids is 1. The molecule has 1 aromatic rings. The Hall–Kier alpha value is -0.580. The van der Waals surface area contributed by atoms with E-state index in [1.807, 2.05) is 23.1 Å². The van der Waals surface area contributed by atoms with Gasteiger partial charge in [-0.2, -0.15) is 0 Å². The van der Waals surface area contributed by atoms with Crippen LogP contribution < -0.4 is 5.73 Å². The normalized spacial score (nSPS) is 17.2. The Morgan fingerprint density at radius 2 is 2.00 bits per heavy atom. The zero-order valence-corrected chi connectivity index (χ0v) is 14.8. The van der Waals surface area contributed by atoms with Crippen molar-refractivity contribution in [1.29, 1.82) is 0 Å². The molecule has 0 bridgehead atoms. The second-order valence-electron chi connectivity index (χ2n) is 5.56. The molecule has 0 saturated carbocycles. The van der Waals surface area contributed by atoms with Crippen molar-refractivity contribution < 1.29 is 4.79 Å². The minimum atomic E-state index is 0. The van der Waals surface area contributed by atoms with E-state index in [-0.39, 0.29) is 30.3 Å². The average Bonchev–Trinajstić information content (AvgIpc) is 2.46. The number of benzene rings is 1. The third-order valence-electron chi connectivity index (χ3n) is 4.12. The Balaban J connectivity index is 0.00000220. The summed E-state index contributed by atoms with van der Waals surface area (Å²) < 4.78 is 1.09. The van der Waals surface area contributed by atoms with E-state index in [9.17, 15) is 4.79 Å². The summed E-state index contributed by atoms with van der Waals surface area (Å²) in [5.41, 5.74) is 7.11. The van der Waals surface area contributed by atoms with Crippen molar-refractivity contribution >= 4 is 34.2 Å². The highest BCUT2D eigenvalue weighted by atomic mass is 79.9. The van der Waals surface area contributed by atoms with E-state index in [2.05, 4.69) is 28.9 Å². The van der Waals surface area contributed by atoms with E-state index in [1.165, 1.54) is 5.56 Å². The minimum Gasteiger partial charge on any atom is -0.342 e. The molecule has 0 aromatic heterocycles. The number of hydrogen-bond donors (Lipinski definition) is 1. The Bertz CT molecular complexity index is 461.